The van der Waals surface area contributed by atoms with E-state index < -0.39 is 5.54 Å². The van der Waals surface area contributed by atoms with Gasteiger partial charge in [0.1, 0.15) is 17.9 Å². The lowest BCUT2D eigenvalue weighted by atomic mass is 9.95. The van der Waals surface area contributed by atoms with Crippen molar-refractivity contribution in [2.45, 2.75) is 38.3 Å². The second kappa shape index (κ2) is 6.81. The minimum absolute atomic E-state index is 0.0204. The van der Waals surface area contributed by atoms with Crippen molar-refractivity contribution >= 4 is 6.29 Å². The van der Waals surface area contributed by atoms with Crippen LogP contribution in [0.5, 0.6) is 5.75 Å². The van der Waals surface area contributed by atoms with Gasteiger partial charge in [0.25, 0.3) is 0 Å². The predicted octanol–water partition coefficient (Wildman–Crippen LogP) is 2.26. The van der Waals surface area contributed by atoms with Gasteiger partial charge < -0.3 is 20.0 Å². The van der Waals surface area contributed by atoms with Gasteiger partial charge in [-0.05, 0) is 25.5 Å². The molecule has 0 aromatic heterocycles. The second-order valence-corrected chi connectivity index (χ2v) is 5.31. The van der Waals surface area contributed by atoms with E-state index in [0.717, 1.165) is 5.56 Å². The summed E-state index contributed by atoms with van der Waals surface area (Å²) in [6, 6.07) is 4.41. The first-order valence-corrected chi connectivity index (χ1v) is 6.51. The van der Waals surface area contributed by atoms with Crippen molar-refractivity contribution in [2.24, 2.45) is 5.73 Å². The fraction of sp³-hybridized carbons (Fsp3) is 0.533. The summed E-state index contributed by atoms with van der Waals surface area (Å²) in [5.41, 5.74) is 5.57. The van der Waals surface area contributed by atoms with Crippen LogP contribution >= 0.6 is 0 Å². The molecule has 0 bridgehead atoms. The van der Waals surface area contributed by atoms with Gasteiger partial charge in [0.15, 0.2) is 0 Å². The monoisotopic (exact) mass is 283 g/mol. The molecule has 0 spiro atoms. The normalized spacial score (nSPS) is 17.1. The first kappa shape index (κ1) is 16.6. The van der Waals surface area contributed by atoms with E-state index in [1.54, 1.807) is 13.0 Å². The molecule has 20 heavy (non-hydrogen) atoms. The molecule has 3 atom stereocenters. The van der Waals surface area contributed by atoms with Gasteiger partial charge in [-0.3, -0.25) is 0 Å². The zero-order chi connectivity index (χ0) is 15.3. The van der Waals surface area contributed by atoms with Gasteiger partial charge in [0.05, 0.1) is 25.4 Å². The van der Waals surface area contributed by atoms with E-state index >= 15 is 0 Å². The van der Waals surface area contributed by atoms with Gasteiger partial charge >= 0.3 is 0 Å². The van der Waals surface area contributed by atoms with Crippen LogP contribution in [0.4, 0.5) is 4.39 Å². The molecule has 5 heteroatoms. The van der Waals surface area contributed by atoms with Crippen molar-refractivity contribution in [2.75, 3.05) is 13.7 Å². The van der Waals surface area contributed by atoms with Crippen LogP contribution in [0, 0.1) is 5.82 Å². The Morgan fingerprint density at radius 1 is 1.45 bits per heavy atom. The lowest BCUT2D eigenvalue weighted by Crippen LogP contribution is -2.44. The van der Waals surface area contributed by atoms with E-state index in [4.69, 9.17) is 15.2 Å². The molecule has 0 amide bonds. The fourth-order valence-electron chi connectivity index (χ4n) is 1.80. The third-order valence-electron chi connectivity index (χ3n) is 3.32. The molecule has 112 valence electrons. The van der Waals surface area contributed by atoms with Crippen LogP contribution in [-0.2, 0) is 9.53 Å². The zero-order valence-corrected chi connectivity index (χ0v) is 12.4. The van der Waals surface area contributed by atoms with E-state index in [2.05, 4.69) is 0 Å². The van der Waals surface area contributed by atoms with Crippen LogP contribution in [0.2, 0.25) is 0 Å². The molecule has 1 rings (SSSR count). The number of methoxy groups -OCH3 is 1. The molecule has 0 aliphatic rings. The van der Waals surface area contributed by atoms with E-state index in [-0.39, 0.29) is 24.4 Å². The SMILES string of the molecule is COc1cc(F)ccc1[C@@H](C)[C@H](C)OC[C@@](C)(N)C=O. The minimum atomic E-state index is -0.999. The highest BCUT2D eigenvalue weighted by molar-refractivity contribution is 5.63. The fourth-order valence-corrected chi connectivity index (χ4v) is 1.80. The Hall–Kier alpha value is -1.46. The van der Waals surface area contributed by atoms with Crippen molar-refractivity contribution in [3.05, 3.63) is 29.6 Å². The molecule has 4 nitrogen and oxygen atoms in total. The maximum Gasteiger partial charge on any atom is 0.141 e. The number of benzene rings is 1. The van der Waals surface area contributed by atoms with Crippen LogP contribution in [-0.4, -0.2) is 31.6 Å². The molecule has 1 aromatic carbocycles. The highest BCUT2D eigenvalue weighted by atomic mass is 19.1. The summed E-state index contributed by atoms with van der Waals surface area (Å²) in [7, 11) is 1.50. The van der Waals surface area contributed by atoms with Crippen molar-refractivity contribution in [3.63, 3.8) is 0 Å². The molecular weight excluding hydrogens is 261 g/mol. The average Bonchev–Trinajstić information content (AvgIpc) is 2.43. The van der Waals surface area contributed by atoms with Crippen LogP contribution in [0.25, 0.3) is 0 Å². The first-order valence-electron chi connectivity index (χ1n) is 6.51. The third-order valence-corrected chi connectivity index (χ3v) is 3.32. The summed E-state index contributed by atoms with van der Waals surface area (Å²) in [5, 5.41) is 0. The van der Waals surface area contributed by atoms with Crippen LogP contribution in [0.3, 0.4) is 0 Å². The highest BCUT2D eigenvalue weighted by Gasteiger charge is 2.23. The van der Waals surface area contributed by atoms with E-state index in [1.807, 2.05) is 13.8 Å². The summed E-state index contributed by atoms with van der Waals surface area (Å²) < 4.78 is 24.0. The number of aldehydes is 1. The van der Waals surface area contributed by atoms with E-state index in [0.29, 0.717) is 12.0 Å². The van der Waals surface area contributed by atoms with Gasteiger partial charge in [-0.2, -0.15) is 0 Å². The number of hydrogen-bond acceptors (Lipinski definition) is 4. The molecular formula is C15H22FNO3. The van der Waals surface area contributed by atoms with Gasteiger partial charge in [0, 0.05) is 12.0 Å². The average molecular weight is 283 g/mol. The third kappa shape index (κ3) is 4.28. The topological polar surface area (TPSA) is 61.6 Å². The van der Waals surface area contributed by atoms with Crippen LogP contribution < -0.4 is 10.5 Å². The number of nitrogens with two attached hydrogens (primary N) is 1. The molecule has 0 aliphatic carbocycles. The maximum absolute atomic E-state index is 13.2. The Morgan fingerprint density at radius 2 is 2.10 bits per heavy atom. The molecule has 0 saturated heterocycles. The Morgan fingerprint density at radius 3 is 2.65 bits per heavy atom. The minimum Gasteiger partial charge on any atom is -0.496 e. The highest BCUT2D eigenvalue weighted by Crippen LogP contribution is 2.30. The van der Waals surface area contributed by atoms with E-state index in [1.165, 1.54) is 19.2 Å². The molecule has 0 aliphatic heterocycles. The Kier molecular flexibility index (Phi) is 5.65. The molecule has 1 aromatic rings. The summed E-state index contributed by atoms with van der Waals surface area (Å²) in [6.07, 6.45) is 0.486. The van der Waals surface area contributed by atoms with Gasteiger partial charge in [-0.25, -0.2) is 4.39 Å². The number of ether oxygens (including phenoxy) is 2. The largest absolute Gasteiger partial charge is 0.496 e. The Labute approximate surface area is 119 Å². The number of halogens is 1. The maximum atomic E-state index is 13.2. The van der Waals surface area contributed by atoms with Gasteiger partial charge in [-0.15, -0.1) is 0 Å². The summed E-state index contributed by atoms with van der Waals surface area (Å²) in [6.45, 7) is 5.57. The Balaban J connectivity index is 2.79. The summed E-state index contributed by atoms with van der Waals surface area (Å²) in [4.78, 5) is 10.8. The number of carbonyl (C=O) groups is 1. The lowest BCUT2D eigenvalue weighted by molar-refractivity contribution is -0.114. The number of carbonyl (C=O) groups excluding carboxylic acids is 1. The number of rotatable bonds is 7. The molecule has 0 radical (unpaired) electrons. The standard InChI is InChI=1S/C15H22FNO3/c1-10(11(2)20-9-15(3,17)8-18)13-6-5-12(16)7-14(13)19-4/h5-8,10-11H,9,17H2,1-4H3/t10-,11-,15-/m0/s1. The van der Waals surface area contributed by atoms with E-state index in [9.17, 15) is 9.18 Å². The number of hydrogen-bond donors (Lipinski definition) is 1. The smallest absolute Gasteiger partial charge is 0.141 e. The molecule has 0 fully saturated rings. The summed E-state index contributed by atoms with van der Waals surface area (Å²) >= 11 is 0. The van der Waals surface area contributed by atoms with Crippen molar-refractivity contribution in [3.8, 4) is 5.75 Å². The first-order chi connectivity index (χ1) is 9.30. The van der Waals surface area contributed by atoms with Gasteiger partial charge in [0.2, 0.25) is 0 Å². The second-order valence-electron chi connectivity index (χ2n) is 5.31. The molecule has 0 heterocycles. The van der Waals surface area contributed by atoms with Crippen molar-refractivity contribution in [1.82, 2.24) is 0 Å². The molecule has 2 N–H and O–H groups in total. The quantitative estimate of drug-likeness (QED) is 0.780. The molecule has 0 saturated carbocycles. The van der Waals surface area contributed by atoms with Crippen LogP contribution in [0.15, 0.2) is 18.2 Å². The van der Waals surface area contributed by atoms with Crippen molar-refractivity contribution in [1.29, 1.82) is 0 Å². The summed E-state index contributed by atoms with van der Waals surface area (Å²) in [5.74, 6) is 0.119. The lowest BCUT2D eigenvalue weighted by Gasteiger charge is -2.26. The van der Waals surface area contributed by atoms with Gasteiger partial charge in [-0.1, -0.05) is 13.0 Å². The van der Waals surface area contributed by atoms with Crippen LogP contribution in [0.1, 0.15) is 32.3 Å². The Bertz CT molecular complexity index is 462. The molecule has 0 unspecified atom stereocenters. The zero-order valence-electron chi connectivity index (χ0n) is 12.4. The predicted molar refractivity (Wildman–Crippen MR) is 75.4 cm³/mol. The van der Waals surface area contributed by atoms with Crippen molar-refractivity contribution < 1.29 is 18.7 Å².